The molecule has 0 aliphatic rings. The summed E-state index contributed by atoms with van der Waals surface area (Å²) in [6.07, 6.45) is 0.667. The lowest BCUT2D eigenvalue weighted by Gasteiger charge is -2.27. The van der Waals surface area contributed by atoms with E-state index < -0.39 is 0 Å². The molecule has 4 N–H and O–H groups in total. The minimum atomic E-state index is -0.330. The number of primary amides is 1. The number of amides is 1. The topological polar surface area (TPSA) is 72.4 Å². The zero-order valence-corrected chi connectivity index (χ0v) is 9.10. The fourth-order valence-electron chi connectivity index (χ4n) is 1.64. The number of benzene rings is 1. The van der Waals surface area contributed by atoms with Crippen molar-refractivity contribution in [1.29, 1.82) is 0 Å². The van der Waals surface area contributed by atoms with E-state index in [0.29, 0.717) is 12.1 Å². The van der Waals surface area contributed by atoms with Gasteiger partial charge in [-0.05, 0) is 18.6 Å². The monoisotopic (exact) mass is 207 g/mol. The van der Waals surface area contributed by atoms with Crippen LogP contribution in [0.5, 0.6) is 0 Å². The Morgan fingerprint density at radius 2 is 2.07 bits per heavy atom. The molecule has 1 rings (SSSR count). The lowest BCUT2D eigenvalue weighted by molar-refractivity contribution is -0.119. The summed E-state index contributed by atoms with van der Waals surface area (Å²) in [6.45, 7) is 1.92. The van der Waals surface area contributed by atoms with Crippen molar-refractivity contribution in [2.24, 2.45) is 5.73 Å². The van der Waals surface area contributed by atoms with Gasteiger partial charge in [-0.2, -0.15) is 0 Å². The van der Waals surface area contributed by atoms with Gasteiger partial charge >= 0.3 is 0 Å². The van der Waals surface area contributed by atoms with E-state index in [1.807, 2.05) is 37.1 Å². The molecule has 1 amide bonds. The summed E-state index contributed by atoms with van der Waals surface area (Å²) in [5, 5.41) is 0. The number of hydrogen-bond acceptors (Lipinski definition) is 3. The predicted octanol–water partition coefficient (Wildman–Crippen LogP) is 0.969. The maximum absolute atomic E-state index is 11.2. The molecule has 1 atom stereocenters. The van der Waals surface area contributed by atoms with E-state index in [2.05, 4.69) is 0 Å². The van der Waals surface area contributed by atoms with Crippen LogP contribution in [0, 0.1) is 0 Å². The molecule has 0 aliphatic heterocycles. The lowest BCUT2D eigenvalue weighted by Crippen LogP contribution is -2.42. The van der Waals surface area contributed by atoms with Crippen LogP contribution >= 0.6 is 0 Å². The number of para-hydroxylation sites is 2. The van der Waals surface area contributed by atoms with E-state index in [0.717, 1.165) is 5.69 Å². The molecule has 0 heterocycles. The third-order valence-electron chi connectivity index (χ3n) is 2.50. The second-order valence-corrected chi connectivity index (χ2v) is 3.50. The van der Waals surface area contributed by atoms with Gasteiger partial charge in [0.25, 0.3) is 0 Å². The summed E-state index contributed by atoms with van der Waals surface area (Å²) in [7, 11) is 1.82. The molecule has 4 heteroatoms. The number of hydrogen-bond donors (Lipinski definition) is 2. The molecule has 0 radical (unpaired) electrons. The van der Waals surface area contributed by atoms with Crippen molar-refractivity contribution in [3.05, 3.63) is 24.3 Å². The standard InChI is InChI=1S/C11H17N3O/c1-3-9(11(13)15)14(2)10-7-5-4-6-8(10)12/h4-7,9H,3,12H2,1-2H3,(H2,13,15). The van der Waals surface area contributed by atoms with Crippen molar-refractivity contribution in [3.8, 4) is 0 Å². The Hall–Kier alpha value is -1.71. The first-order valence-corrected chi connectivity index (χ1v) is 4.94. The van der Waals surface area contributed by atoms with Gasteiger partial charge in [0.15, 0.2) is 0 Å². The van der Waals surface area contributed by atoms with Gasteiger partial charge in [0.2, 0.25) is 5.91 Å². The van der Waals surface area contributed by atoms with Crippen LogP contribution in [0.15, 0.2) is 24.3 Å². The van der Waals surface area contributed by atoms with Gasteiger partial charge in [-0.3, -0.25) is 4.79 Å². The van der Waals surface area contributed by atoms with Gasteiger partial charge in [0.1, 0.15) is 6.04 Å². The Bertz CT molecular complexity index is 351. The summed E-state index contributed by atoms with van der Waals surface area (Å²) >= 11 is 0. The summed E-state index contributed by atoms with van der Waals surface area (Å²) < 4.78 is 0. The van der Waals surface area contributed by atoms with Crippen LogP contribution < -0.4 is 16.4 Å². The first-order valence-electron chi connectivity index (χ1n) is 4.94. The SMILES string of the molecule is CCC(C(N)=O)N(C)c1ccccc1N. The van der Waals surface area contributed by atoms with Crippen LogP contribution in [0.3, 0.4) is 0 Å². The average molecular weight is 207 g/mol. The first-order chi connectivity index (χ1) is 7.07. The molecule has 0 fully saturated rings. The minimum Gasteiger partial charge on any atom is -0.397 e. The van der Waals surface area contributed by atoms with Crippen LogP contribution in [0.4, 0.5) is 11.4 Å². The van der Waals surface area contributed by atoms with Crippen molar-refractivity contribution in [1.82, 2.24) is 0 Å². The van der Waals surface area contributed by atoms with Gasteiger partial charge in [-0.25, -0.2) is 0 Å². The third-order valence-corrected chi connectivity index (χ3v) is 2.50. The zero-order valence-electron chi connectivity index (χ0n) is 9.10. The quantitative estimate of drug-likeness (QED) is 0.722. The molecule has 0 spiro atoms. The van der Waals surface area contributed by atoms with Gasteiger partial charge in [-0.1, -0.05) is 19.1 Å². The number of anilines is 2. The summed E-state index contributed by atoms with van der Waals surface area (Å²) in [4.78, 5) is 13.0. The minimum absolute atomic E-state index is 0.310. The van der Waals surface area contributed by atoms with Gasteiger partial charge in [0.05, 0.1) is 11.4 Å². The van der Waals surface area contributed by atoms with Crippen molar-refractivity contribution in [3.63, 3.8) is 0 Å². The highest BCUT2D eigenvalue weighted by Gasteiger charge is 2.19. The van der Waals surface area contributed by atoms with Crippen LogP contribution in [0.2, 0.25) is 0 Å². The number of nitrogens with zero attached hydrogens (tertiary/aromatic N) is 1. The molecule has 15 heavy (non-hydrogen) atoms. The molecule has 1 aromatic rings. The van der Waals surface area contributed by atoms with Crippen molar-refractivity contribution < 1.29 is 4.79 Å². The molecule has 0 saturated heterocycles. The third kappa shape index (κ3) is 2.40. The summed E-state index contributed by atoms with van der Waals surface area (Å²) in [5.74, 6) is -0.330. The van der Waals surface area contributed by atoms with Crippen molar-refractivity contribution in [2.75, 3.05) is 17.7 Å². The van der Waals surface area contributed by atoms with Gasteiger partial charge < -0.3 is 16.4 Å². The Labute approximate surface area is 89.9 Å². The molecule has 1 aromatic carbocycles. The van der Waals surface area contributed by atoms with E-state index >= 15 is 0 Å². The van der Waals surface area contributed by atoms with Crippen LogP contribution in [0.25, 0.3) is 0 Å². The maximum atomic E-state index is 11.2. The molecular formula is C11H17N3O. The molecule has 1 unspecified atom stereocenters. The Kier molecular flexibility index (Phi) is 3.55. The average Bonchev–Trinajstić information content (AvgIpc) is 2.18. The number of carbonyl (C=O) groups is 1. The Morgan fingerprint density at radius 1 is 1.47 bits per heavy atom. The molecule has 0 aromatic heterocycles. The normalized spacial score (nSPS) is 12.1. The molecule has 0 saturated carbocycles. The van der Waals surface area contributed by atoms with Crippen molar-refractivity contribution >= 4 is 17.3 Å². The smallest absolute Gasteiger partial charge is 0.240 e. The van der Waals surface area contributed by atoms with Crippen molar-refractivity contribution in [2.45, 2.75) is 19.4 Å². The van der Waals surface area contributed by atoms with E-state index in [9.17, 15) is 4.79 Å². The number of likely N-dealkylation sites (N-methyl/N-ethyl adjacent to an activating group) is 1. The molecule has 82 valence electrons. The molecular weight excluding hydrogens is 190 g/mol. The fourth-order valence-corrected chi connectivity index (χ4v) is 1.64. The fraction of sp³-hybridized carbons (Fsp3) is 0.364. The van der Waals surface area contributed by atoms with Crippen LogP contribution in [0.1, 0.15) is 13.3 Å². The molecule has 0 aliphatic carbocycles. The van der Waals surface area contributed by atoms with E-state index in [1.54, 1.807) is 6.07 Å². The summed E-state index contributed by atoms with van der Waals surface area (Å²) in [5.41, 5.74) is 12.6. The maximum Gasteiger partial charge on any atom is 0.240 e. The molecule has 4 nitrogen and oxygen atoms in total. The number of carbonyl (C=O) groups excluding carboxylic acids is 1. The Balaban J connectivity index is 2.97. The second kappa shape index (κ2) is 4.68. The first kappa shape index (κ1) is 11.4. The lowest BCUT2D eigenvalue weighted by atomic mass is 10.1. The summed E-state index contributed by atoms with van der Waals surface area (Å²) in [6, 6.07) is 7.11. The number of nitrogen functional groups attached to an aromatic ring is 1. The van der Waals surface area contributed by atoms with E-state index in [4.69, 9.17) is 11.5 Å². The predicted molar refractivity (Wildman–Crippen MR) is 62.5 cm³/mol. The highest BCUT2D eigenvalue weighted by molar-refractivity contribution is 5.85. The number of rotatable bonds is 4. The zero-order chi connectivity index (χ0) is 11.4. The largest absolute Gasteiger partial charge is 0.397 e. The number of nitrogens with two attached hydrogens (primary N) is 2. The Morgan fingerprint density at radius 3 is 2.53 bits per heavy atom. The van der Waals surface area contributed by atoms with Crippen LogP contribution in [-0.4, -0.2) is 19.0 Å². The highest BCUT2D eigenvalue weighted by atomic mass is 16.1. The second-order valence-electron chi connectivity index (χ2n) is 3.50. The highest BCUT2D eigenvalue weighted by Crippen LogP contribution is 2.23. The van der Waals surface area contributed by atoms with Crippen LogP contribution in [-0.2, 0) is 4.79 Å². The van der Waals surface area contributed by atoms with E-state index in [-0.39, 0.29) is 11.9 Å². The van der Waals surface area contributed by atoms with Gasteiger partial charge in [0, 0.05) is 7.05 Å². The van der Waals surface area contributed by atoms with Gasteiger partial charge in [-0.15, -0.1) is 0 Å². The van der Waals surface area contributed by atoms with E-state index in [1.165, 1.54) is 0 Å². The molecule has 0 bridgehead atoms.